The van der Waals surface area contributed by atoms with Crippen LogP contribution in [0, 0.1) is 20.8 Å². The number of carbonyl (C=O) groups excluding carboxylic acids is 5. The van der Waals surface area contributed by atoms with Gasteiger partial charge in [0.2, 0.25) is 29.1 Å². The third kappa shape index (κ3) is 36.8. The van der Waals surface area contributed by atoms with E-state index in [1.807, 2.05) is 13.8 Å². The van der Waals surface area contributed by atoms with Gasteiger partial charge in [-0.05, 0) is 134 Å². The van der Waals surface area contributed by atoms with Crippen molar-refractivity contribution in [1.29, 1.82) is 0 Å². The van der Waals surface area contributed by atoms with E-state index in [9.17, 15) is 74.3 Å². The number of halogens is 6. The van der Waals surface area contributed by atoms with Gasteiger partial charge >= 0.3 is 142 Å². The minimum Gasteiger partial charge on any atom is -0.870 e. The van der Waals surface area contributed by atoms with Gasteiger partial charge in [-0.25, -0.2) is 75.2 Å². The molecule has 138 heavy (non-hydrogen) atoms. The number of nitrogens with two attached hydrogens (primary N) is 1. The number of ether oxygens (including phenoxy) is 1. The van der Waals surface area contributed by atoms with Crippen molar-refractivity contribution in [1.82, 2.24) is 141 Å². The zero-order valence-electron chi connectivity index (χ0n) is 74.9. The Kier molecular flexibility index (Phi) is 55.9. The number of Topliss-reactive ketones (excluding diaryl/α,β-unsaturated/α-hetero) is 3. The van der Waals surface area contributed by atoms with Crippen molar-refractivity contribution in [2.24, 2.45) is 55.9 Å². The van der Waals surface area contributed by atoms with Crippen LogP contribution >= 0.6 is 0 Å². The molecule has 14 heterocycles. The Hall–Kier alpha value is -14.7. The number of esters is 2. The number of oxime groups is 4. The zero-order valence-corrected chi connectivity index (χ0v) is 80.9. The molecule has 0 fully saturated rings. The average Bonchev–Trinajstić information content (AvgIpc) is 1.61. The second kappa shape index (κ2) is 60.6. The smallest absolute Gasteiger partial charge is 0.870 e. The van der Waals surface area contributed by atoms with Crippen LogP contribution in [-0.4, -0.2) is 243 Å². The molecule has 0 spiro atoms. The number of hydrogen-bond acceptors (Lipinski definition) is 60. The number of anilines is 1. The molecule has 0 aliphatic heterocycles. The number of rotatable bonds is 19. The van der Waals surface area contributed by atoms with E-state index in [1.165, 1.54) is 58.1 Å². The van der Waals surface area contributed by atoms with E-state index in [4.69, 9.17) is 26.6 Å². The maximum Gasteiger partial charge on any atom is 1.00 e. The van der Waals surface area contributed by atoms with Crippen molar-refractivity contribution in [2.75, 3.05) is 5.73 Å². The Balaban J connectivity index is -0.00000146. The molecule has 0 aliphatic carbocycles. The van der Waals surface area contributed by atoms with E-state index in [0.717, 1.165) is 45.1 Å². The second-order valence-corrected chi connectivity index (χ2v) is 25.1. The average molecular weight is 2000 g/mol. The Morgan fingerprint density at radius 1 is 0.333 bits per heavy atom. The maximum atomic E-state index is 11.2. The van der Waals surface area contributed by atoms with Gasteiger partial charge in [-0.15, -0.1) is 0 Å². The zero-order chi connectivity index (χ0) is 97.9. The van der Waals surface area contributed by atoms with Crippen LogP contribution in [0.2, 0.25) is 0 Å². The number of aromatic nitrogens is 28. The number of carbonyl (C=O) groups is 5. The molecule has 0 atom stereocenters. The molecule has 14 aromatic heterocycles. The summed E-state index contributed by atoms with van der Waals surface area (Å²) in [5, 5.41) is 127. The molecule has 0 saturated carbocycles. The molecule has 65 nitrogen and oxygen atoms in total. The van der Waals surface area contributed by atoms with E-state index in [-0.39, 0.29) is 195 Å². The van der Waals surface area contributed by atoms with Crippen molar-refractivity contribution in [3.05, 3.63) is 121 Å². The molecule has 14 aromatic rings. The summed E-state index contributed by atoms with van der Waals surface area (Å²) in [6, 6.07) is 0. The SMILES string of the molecule is C.CC(=NO)c1nonc1C.CC(=NO)c1nonc1C.CC(=O)Cc1nonc1-c1noc(=O)n1C.CC(=O)Cc1nonc1-c1noc(=O)n1C.CC(=O)Cc1nonc1C(C)=NO.CCCc1nonc1-c1noc(=O)n1C.CCCc1nonc1C(C)=NO.Cc1nonc1-c1noc(=O)n1C.Cn1c(-c2nonc2N)noc1=O.O=C(OC(=O)C(F)(F)F)C(F)(F)F.[Na+].[Na+].[Na+].[OH-].[OH-].[OH-]. The van der Waals surface area contributed by atoms with Crippen molar-refractivity contribution in [3.8, 4) is 57.6 Å². The van der Waals surface area contributed by atoms with Crippen LogP contribution in [0.5, 0.6) is 0 Å². The third-order valence-corrected chi connectivity index (χ3v) is 15.2. The van der Waals surface area contributed by atoms with Crippen molar-refractivity contribution in [3.63, 3.8) is 0 Å². The molecule has 0 saturated heterocycles. The number of alkyl halides is 6. The Morgan fingerprint density at radius 2 is 0.565 bits per heavy atom. The topological polar surface area (TPSA) is 931 Å². The first-order valence-electron chi connectivity index (χ1n) is 35.6. The fraction of sp³-hybridized carbons (Fsp3) is 0.422. The fourth-order valence-electron chi connectivity index (χ4n) is 8.71. The van der Waals surface area contributed by atoms with Gasteiger partial charge in [0.25, 0.3) is 0 Å². The van der Waals surface area contributed by atoms with Gasteiger partial charge in [0.15, 0.2) is 57.1 Å². The van der Waals surface area contributed by atoms with Crippen LogP contribution in [0.15, 0.2) is 109 Å². The van der Waals surface area contributed by atoms with Gasteiger partial charge in [-0.1, -0.05) is 122 Å². The predicted octanol–water partition coefficient (Wildman–Crippen LogP) is -6.71. The number of hydrogen-bond donors (Lipinski definition) is 5. The number of aryl methyl sites for hydroxylation is 5. The Labute approximate surface area is 827 Å². The summed E-state index contributed by atoms with van der Waals surface area (Å²) in [6.07, 6.45) is -7.61. The first kappa shape index (κ1) is 127. The minimum absolute atomic E-state index is 0. The molecule has 0 aliphatic rings. The van der Waals surface area contributed by atoms with Crippen molar-refractivity contribution in [2.45, 2.75) is 148 Å². The second-order valence-electron chi connectivity index (χ2n) is 25.1. The quantitative estimate of drug-likeness (QED) is 0.00955. The first-order valence-corrected chi connectivity index (χ1v) is 35.6. The normalized spacial score (nSPS) is 10.7. The van der Waals surface area contributed by atoms with Gasteiger partial charge in [0, 0.05) is 35.2 Å². The monoisotopic (exact) mass is 2000 g/mol. The van der Waals surface area contributed by atoms with Crippen LogP contribution in [0.3, 0.4) is 0 Å². The predicted molar refractivity (Wildman–Crippen MR) is 414 cm³/mol. The number of nitrogens with zero attached hydrogens (tertiary/aromatic N) is 32. The molecule has 0 amide bonds. The Morgan fingerprint density at radius 3 is 0.841 bits per heavy atom. The molecule has 74 heteroatoms. The van der Waals surface area contributed by atoms with Gasteiger partial charge in [-0.2, -0.15) is 26.3 Å². The summed E-state index contributed by atoms with van der Waals surface area (Å²) in [5.74, 6) is -8.29. The Bertz CT molecular complexity index is 6280. The van der Waals surface area contributed by atoms with E-state index in [2.05, 4.69) is 208 Å². The molecule has 9 N–H and O–H groups in total. The summed E-state index contributed by atoms with van der Waals surface area (Å²) < 4.78 is 138. The molecule has 0 unspecified atom stereocenters. The molecular formula is C64H78F6N33Na3O32. The first-order chi connectivity index (χ1) is 61.8. The molecule has 736 valence electrons. The summed E-state index contributed by atoms with van der Waals surface area (Å²) in [7, 11) is 7.50. The van der Waals surface area contributed by atoms with Crippen LogP contribution in [0.4, 0.5) is 32.2 Å². The maximum absolute atomic E-state index is 11.2. The van der Waals surface area contributed by atoms with E-state index in [0.29, 0.717) is 103 Å². The molecule has 0 bridgehead atoms. The van der Waals surface area contributed by atoms with E-state index in [1.54, 1.807) is 55.5 Å². The summed E-state index contributed by atoms with van der Waals surface area (Å²) >= 11 is 0. The van der Waals surface area contributed by atoms with Crippen molar-refractivity contribution >= 4 is 58.0 Å². The van der Waals surface area contributed by atoms with Gasteiger partial charge < -0.3 is 47.7 Å². The molecular weight excluding hydrogens is 1930 g/mol. The summed E-state index contributed by atoms with van der Waals surface area (Å²) in [4.78, 5) is 107. The van der Waals surface area contributed by atoms with Crippen LogP contribution in [-0.2, 0) is 96.1 Å². The van der Waals surface area contributed by atoms with E-state index < -0.39 is 53.1 Å². The molecule has 0 aromatic carbocycles. The fourth-order valence-corrected chi connectivity index (χ4v) is 8.71. The van der Waals surface area contributed by atoms with Crippen LogP contribution in [0.1, 0.15) is 151 Å². The number of ketones is 3. The minimum atomic E-state index is -5.62. The van der Waals surface area contributed by atoms with Gasteiger partial charge in [0.05, 0.1) is 19.3 Å². The number of nitrogen functional groups attached to an aromatic ring is 1. The summed E-state index contributed by atoms with van der Waals surface area (Å²) in [6.45, 7) is 19.9. The summed E-state index contributed by atoms with van der Waals surface area (Å²) in [5.41, 5.74) is 14.5. The van der Waals surface area contributed by atoms with Crippen LogP contribution < -0.4 is 123 Å². The van der Waals surface area contributed by atoms with Crippen LogP contribution in [0.25, 0.3) is 57.6 Å². The van der Waals surface area contributed by atoms with Gasteiger partial charge in [-0.3, -0.25) is 59.8 Å². The molecule has 0 radical (unpaired) electrons. The molecule has 14 rings (SSSR count). The standard InChI is InChI=1S/2C8H8N4O4.C8H10N4O3.C7H9N3O3.C7H11N3O2.C6H6N4O3.C5H5N5O3.2C5H7N3O2.C4F6O3.CH4.3Na.3H2O/c2*1-4(13)3-5-6(10-16-9-5)7-11-15-8(14)12(7)2;1-3-4-5-6(10-15-9-5)7-11-14-8(13)12(7)2;1-4(11)3-6-7(5(2)8-12)10-13-9-6;1-3-4-6-7(5(2)8-11)10-12-9-6;1-3-4(8-13-7-3)5-9-12-6(11)10(5)2;1-10-4(9-12-5(10)11)2-3(6)8-13-7-2;2*1-3(6-9)5-4(2)7-10-8-5;5-3(6,7)1(11)13-2(12)4(8,9)10;;;;;;;/h2*3H2,1-2H3;3-4H2,1-2H3;12H,3H2,1-2H3;11H,3-4H2,1-2H3;1-2H3;1H3,(H2,6,8);2*9H,1-2H3;;1H4;;;;3*1H2/q;;;;;;;;;;;3*+1;;;/p-3. The largest absolute Gasteiger partial charge is 1.00 e. The van der Waals surface area contributed by atoms with Crippen molar-refractivity contribution < 1.29 is 245 Å². The van der Waals surface area contributed by atoms with Gasteiger partial charge in [0.1, 0.15) is 85.7 Å². The third-order valence-electron chi connectivity index (χ3n) is 15.2. The van der Waals surface area contributed by atoms with E-state index >= 15 is 0 Å².